The zero-order chi connectivity index (χ0) is 14.3. The SMILES string of the molecule is COc1cc(F)ccc1-c1c(N)cnc2sc(C)nc12. The molecule has 0 fully saturated rings. The van der Waals surface area contributed by atoms with E-state index in [-0.39, 0.29) is 5.82 Å². The summed E-state index contributed by atoms with van der Waals surface area (Å²) in [5, 5.41) is 0.903. The Labute approximate surface area is 119 Å². The number of methoxy groups -OCH3 is 1. The summed E-state index contributed by atoms with van der Waals surface area (Å²) in [5.41, 5.74) is 8.70. The van der Waals surface area contributed by atoms with Gasteiger partial charge in [0.25, 0.3) is 0 Å². The number of nitrogen functional groups attached to an aromatic ring is 1. The van der Waals surface area contributed by atoms with Crippen LogP contribution in [0.1, 0.15) is 5.01 Å². The minimum Gasteiger partial charge on any atom is -0.496 e. The maximum Gasteiger partial charge on any atom is 0.144 e. The molecule has 0 saturated heterocycles. The highest BCUT2D eigenvalue weighted by atomic mass is 32.1. The van der Waals surface area contributed by atoms with Crippen LogP contribution in [0.25, 0.3) is 21.5 Å². The van der Waals surface area contributed by atoms with Crippen molar-refractivity contribution in [1.29, 1.82) is 0 Å². The summed E-state index contributed by atoms with van der Waals surface area (Å²) >= 11 is 1.49. The van der Waals surface area contributed by atoms with E-state index in [0.29, 0.717) is 17.0 Å². The molecule has 0 amide bonds. The van der Waals surface area contributed by atoms with Crippen LogP contribution in [-0.2, 0) is 0 Å². The fourth-order valence-electron chi connectivity index (χ4n) is 2.15. The first kappa shape index (κ1) is 12.8. The van der Waals surface area contributed by atoms with Crippen LogP contribution in [-0.4, -0.2) is 17.1 Å². The largest absolute Gasteiger partial charge is 0.496 e. The fraction of sp³-hybridized carbons (Fsp3) is 0.143. The number of hydrogen-bond donors (Lipinski definition) is 1. The zero-order valence-corrected chi connectivity index (χ0v) is 11.8. The van der Waals surface area contributed by atoms with E-state index in [0.717, 1.165) is 20.9 Å². The highest BCUT2D eigenvalue weighted by Crippen LogP contribution is 2.39. The summed E-state index contributed by atoms with van der Waals surface area (Å²) in [5.74, 6) is 0.0683. The number of pyridine rings is 1. The number of aromatic nitrogens is 2. The molecule has 0 aliphatic carbocycles. The number of thiazole rings is 1. The second-order valence-corrected chi connectivity index (χ2v) is 5.50. The van der Waals surface area contributed by atoms with Crippen molar-refractivity contribution in [2.75, 3.05) is 12.8 Å². The van der Waals surface area contributed by atoms with Crippen molar-refractivity contribution in [1.82, 2.24) is 9.97 Å². The Balaban J connectivity index is 2.36. The first-order chi connectivity index (χ1) is 9.60. The Kier molecular flexibility index (Phi) is 3.02. The number of halogens is 1. The first-order valence-electron chi connectivity index (χ1n) is 5.95. The molecule has 0 bridgehead atoms. The molecule has 3 aromatic rings. The number of nitrogens with two attached hydrogens (primary N) is 1. The minimum atomic E-state index is -0.357. The predicted octanol–water partition coefficient (Wildman–Crippen LogP) is 3.40. The van der Waals surface area contributed by atoms with Crippen LogP contribution in [0.4, 0.5) is 10.1 Å². The van der Waals surface area contributed by atoms with Crippen molar-refractivity contribution in [2.24, 2.45) is 0 Å². The molecule has 0 radical (unpaired) electrons. The molecule has 2 heterocycles. The van der Waals surface area contributed by atoms with Crippen LogP contribution in [0.2, 0.25) is 0 Å². The summed E-state index contributed by atoms with van der Waals surface area (Å²) in [6.45, 7) is 1.91. The Bertz CT molecular complexity index is 800. The molecule has 1 aromatic carbocycles. The third-order valence-corrected chi connectivity index (χ3v) is 3.87. The lowest BCUT2D eigenvalue weighted by atomic mass is 10.0. The molecular formula is C14H12FN3OS. The quantitative estimate of drug-likeness (QED) is 0.785. The zero-order valence-electron chi connectivity index (χ0n) is 11.0. The van der Waals surface area contributed by atoms with Crippen LogP contribution in [0, 0.1) is 12.7 Å². The van der Waals surface area contributed by atoms with Gasteiger partial charge in [0.2, 0.25) is 0 Å². The lowest BCUT2D eigenvalue weighted by molar-refractivity contribution is 0.413. The molecule has 3 rings (SSSR count). The standard InChI is InChI=1S/C14H12FN3OS/c1-7-18-13-12(10(16)6-17-14(13)20-7)9-4-3-8(15)5-11(9)19-2/h3-6H,16H2,1-2H3. The molecular weight excluding hydrogens is 277 g/mol. The van der Waals surface area contributed by atoms with Gasteiger partial charge in [0.05, 0.1) is 24.0 Å². The second-order valence-electron chi connectivity index (χ2n) is 4.32. The minimum absolute atomic E-state index is 0.357. The highest BCUT2D eigenvalue weighted by molar-refractivity contribution is 7.18. The molecule has 0 unspecified atom stereocenters. The first-order valence-corrected chi connectivity index (χ1v) is 6.77. The Hall–Kier alpha value is -2.21. The third-order valence-electron chi connectivity index (χ3n) is 3.00. The molecule has 2 N–H and O–H groups in total. The van der Waals surface area contributed by atoms with Crippen LogP contribution in [0.15, 0.2) is 24.4 Å². The van der Waals surface area contributed by atoms with Gasteiger partial charge in [-0.05, 0) is 19.1 Å². The van der Waals surface area contributed by atoms with Crippen molar-refractivity contribution in [3.63, 3.8) is 0 Å². The van der Waals surface area contributed by atoms with Crippen LogP contribution >= 0.6 is 11.3 Å². The number of rotatable bonds is 2. The van der Waals surface area contributed by atoms with E-state index >= 15 is 0 Å². The number of nitrogens with zero attached hydrogens (tertiary/aromatic N) is 2. The molecule has 0 saturated carbocycles. The molecule has 6 heteroatoms. The molecule has 2 aromatic heterocycles. The molecule has 20 heavy (non-hydrogen) atoms. The van der Waals surface area contributed by atoms with E-state index < -0.39 is 0 Å². The predicted molar refractivity (Wildman–Crippen MR) is 78.5 cm³/mol. The molecule has 0 aliphatic heterocycles. The number of fused-ring (bicyclic) bond motifs is 1. The van der Waals surface area contributed by atoms with Crippen LogP contribution < -0.4 is 10.5 Å². The van der Waals surface area contributed by atoms with Crippen molar-refractivity contribution in [3.05, 3.63) is 35.2 Å². The van der Waals surface area contributed by atoms with E-state index in [2.05, 4.69) is 9.97 Å². The van der Waals surface area contributed by atoms with Crippen LogP contribution in [0.5, 0.6) is 5.75 Å². The van der Waals surface area contributed by atoms with E-state index in [1.165, 1.54) is 30.6 Å². The van der Waals surface area contributed by atoms with Gasteiger partial charge in [0, 0.05) is 17.2 Å². The van der Waals surface area contributed by atoms with E-state index in [4.69, 9.17) is 10.5 Å². The van der Waals surface area contributed by atoms with E-state index in [1.807, 2.05) is 6.92 Å². The molecule has 0 aliphatic rings. The summed E-state index contributed by atoms with van der Waals surface area (Å²) in [7, 11) is 1.50. The molecule has 0 atom stereocenters. The molecule has 4 nitrogen and oxygen atoms in total. The van der Waals surface area contributed by atoms with Gasteiger partial charge in [0.1, 0.15) is 21.9 Å². The molecule has 102 valence electrons. The van der Waals surface area contributed by atoms with Gasteiger partial charge in [0.15, 0.2) is 0 Å². The monoisotopic (exact) mass is 289 g/mol. The van der Waals surface area contributed by atoms with Crippen molar-refractivity contribution in [2.45, 2.75) is 6.92 Å². The van der Waals surface area contributed by atoms with E-state index in [1.54, 1.807) is 12.3 Å². The number of hydrogen-bond acceptors (Lipinski definition) is 5. The maximum absolute atomic E-state index is 13.3. The fourth-order valence-corrected chi connectivity index (χ4v) is 2.92. The van der Waals surface area contributed by atoms with Crippen molar-refractivity contribution < 1.29 is 9.13 Å². The topological polar surface area (TPSA) is 61.0 Å². The van der Waals surface area contributed by atoms with Crippen LogP contribution in [0.3, 0.4) is 0 Å². The smallest absolute Gasteiger partial charge is 0.144 e. The number of benzene rings is 1. The number of aryl methyl sites for hydroxylation is 1. The summed E-state index contributed by atoms with van der Waals surface area (Å²) < 4.78 is 18.6. The number of ether oxygens (including phenoxy) is 1. The lowest BCUT2D eigenvalue weighted by Crippen LogP contribution is -1.96. The Morgan fingerprint density at radius 2 is 2.15 bits per heavy atom. The highest BCUT2D eigenvalue weighted by Gasteiger charge is 2.17. The maximum atomic E-state index is 13.3. The second kappa shape index (κ2) is 4.72. The van der Waals surface area contributed by atoms with E-state index in [9.17, 15) is 4.39 Å². The Morgan fingerprint density at radius 1 is 1.35 bits per heavy atom. The van der Waals surface area contributed by atoms with Gasteiger partial charge in [-0.1, -0.05) is 11.3 Å². The van der Waals surface area contributed by atoms with Crippen molar-refractivity contribution >= 4 is 27.4 Å². The van der Waals surface area contributed by atoms with Gasteiger partial charge in [-0.2, -0.15) is 0 Å². The van der Waals surface area contributed by atoms with Crippen molar-refractivity contribution in [3.8, 4) is 16.9 Å². The summed E-state index contributed by atoms with van der Waals surface area (Å²) in [6, 6.07) is 4.36. The summed E-state index contributed by atoms with van der Waals surface area (Å²) in [4.78, 5) is 9.56. The van der Waals surface area contributed by atoms with Gasteiger partial charge < -0.3 is 10.5 Å². The third kappa shape index (κ3) is 1.98. The average molecular weight is 289 g/mol. The molecule has 0 spiro atoms. The normalized spacial score (nSPS) is 10.9. The Morgan fingerprint density at radius 3 is 2.90 bits per heavy atom. The summed E-state index contributed by atoms with van der Waals surface area (Å²) in [6.07, 6.45) is 1.60. The lowest BCUT2D eigenvalue weighted by Gasteiger charge is -2.11. The van der Waals surface area contributed by atoms with Gasteiger partial charge in [-0.25, -0.2) is 14.4 Å². The van der Waals surface area contributed by atoms with Gasteiger partial charge in [-0.3, -0.25) is 0 Å². The van der Waals surface area contributed by atoms with Gasteiger partial charge in [-0.15, -0.1) is 0 Å². The van der Waals surface area contributed by atoms with Gasteiger partial charge >= 0.3 is 0 Å². The number of anilines is 1. The average Bonchev–Trinajstić information content (AvgIpc) is 2.80.